The monoisotopic (exact) mass is 595 g/mol. The number of rotatable bonds is 14. The Hall–Kier alpha value is -3.89. The zero-order chi connectivity index (χ0) is 30.5. The van der Waals surface area contributed by atoms with E-state index >= 15 is 0 Å². The van der Waals surface area contributed by atoms with Crippen molar-refractivity contribution in [3.05, 3.63) is 102 Å². The van der Waals surface area contributed by atoms with E-state index in [9.17, 15) is 23.1 Å². The lowest BCUT2D eigenvalue weighted by molar-refractivity contribution is 0.0933. The highest BCUT2D eigenvalue weighted by molar-refractivity contribution is 7.92. The fraction of sp³-hybridized carbons (Fsp3) is 0.375. The van der Waals surface area contributed by atoms with Crippen molar-refractivity contribution in [2.75, 3.05) is 23.7 Å². The molecule has 0 heterocycles. The summed E-state index contributed by atoms with van der Waals surface area (Å²) < 4.78 is 34.6. The highest BCUT2D eigenvalue weighted by Gasteiger charge is 2.31. The maximum Gasteiger partial charge on any atom is 0.418 e. The number of hydrogen-bond donors (Lipinski definition) is 2. The SMILES string of the molecule is CC(C)CCN(C(=O)OCc1ccccc1)C(=O)N(CCCc1ccccc1)CS(=O)(=O)Nc1cccc([C@H](C)O)c1. The summed E-state index contributed by atoms with van der Waals surface area (Å²) in [4.78, 5) is 29.2. The van der Waals surface area contributed by atoms with Crippen LogP contribution in [0.5, 0.6) is 0 Å². The molecule has 0 aliphatic heterocycles. The predicted molar refractivity (Wildman–Crippen MR) is 164 cm³/mol. The Labute approximate surface area is 249 Å². The van der Waals surface area contributed by atoms with Gasteiger partial charge in [-0.3, -0.25) is 4.72 Å². The van der Waals surface area contributed by atoms with Crippen LogP contribution in [-0.2, 0) is 27.8 Å². The number of nitrogens with zero attached hydrogens (tertiary/aromatic N) is 2. The van der Waals surface area contributed by atoms with Crippen LogP contribution in [0.4, 0.5) is 15.3 Å². The van der Waals surface area contributed by atoms with E-state index in [1.165, 1.54) is 4.90 Å². The molecule has 0 spiro atoms. The van der Waals surface area contributed by atoms with E-state index in [2.05, 4.69) is 4.72 Å². The van der Waals surface area contributed by atoms with Crippen molar-refractivity contribution >= 4 is 27.8 Å². The van der Waals surface area contributed by atoms with Crippen molar-refractivity contribution in [3.63, 3.8) is 0 Å². The molecule has 0 unspecified atom stereocenters. The van der Waals surface area contributed by atoms with Gasteiger partial charge in [0.15, 0.2) is 0 Å². The van der Waals surface area contributed by atoms with Gasteiger partial charge < -0.3 is 14.7 Å². The summed E-state index contributed by atoms with van der Waals surface area (Å²) in [6.07, 6.45) is 0.0366. The van der Waals surface area contributed by atoms with Gasteiger partial charge in [-0.15, -0.1) is 0 Å². The first-order chi connectivity index (χ1) is 20.0. The molecule has 0 saturated carbocycles. The molecule has 42 heavy (non-hydrogen) atoms. The van der Waals surface area contributed by atoms with Gasteiger partial charge >= 0.3 is 12.1 Å². The number of sulfonamides is 1. The number of amides is 3. The molecule has 0 aliphatic rings. The van der Waals surface area contributed by atoms with Gasteiger partial charge in [-0.25, -0.2) is 22.9 Å². The van der Waals surface area contributed by atoms with E-state index in [1.807, 2.05) is 74.5 Å². The van der Waals surface area contributed by atoms with E-state index in [0.29, 0.717) is 24.8 Å². The maximum absolute atomic E-state index is 13.9. The Balaban J connectivity index is 1.81. The number of hydrogen-bond acceptors (Lipinski definition) is 6. The molecule has 0 aromatic heterocycles. The van der Waals surface area contributed by atoms with Crippen molar-refractivity contribution in [3.8, 4) is 0 Å². The Morgan fingerprint density at radius 3 is 2.14 bits per heavy atom. The van der Waals surface area contributed by atoms with Crippen molar-refractivity contribution < 1.29 is 27.9 Å². The summed E-state index contributed by atoms with van der Waals surface area (Å²) in [5.74, 6) is -0.468. The maximum atomic E-state index is 13.9. The van der Waals surface area contributed by atoms with Gasteiger partial charge in [0, 0.05) is 18.8 Å². The van der Waals surface area contributed by atoms with Crippen LogP contribution in [0.25, 0.3) is 0 Å². The number of aryl methyl sites for hydroxylation is 1. The van der Waals surface area contributed by atoms with E-state index in [-0.39, 0.29) is 31.3 Å². The molecule has 3 amide bonds. The number of imide groups is 1. The van der Waals surface area contributed by atoms with Gasteiger partial charge in [0.05, 0.1) is 6.10 Å². The Bertz CT molecular complexity index is 1380. The van der Waals surface area contributed by atoms with Gasteiger partial charge in [-0.05, 0) is 60.9 Å². The van der Waals surface area contributed by atoms with Crippen molar-refractivity contribution in [2.24, 2.45) is 5.92 Å². The van der Waals surface area contributed by atoms with Crippen LogP contribution in [0.15, 0.2) is 84.9 Å². The van der Waals surface area contributed by atoms with Crippen LogP contribution in [0.3, 0.4) is 0 Å². The van der Waals surface area contributed by atoms with Gasteiger partial charge in [-0.1, -0.05) is 86.6 Å². The first kappa shape index (κ1) is 32.6. The molecule has 0 saturated heterocycles. The number of nitrogens with one attached hydrogen (secondary N) is 1. The second kappa shape index (κ2) is 15.9. The largest absolute Gasteiger partial charge is 0.444 e. The highest BCUT2D eigenvalue weighted by atomic mass is 32.2. The Morgan fingerprint density at radius 2 is 1.52 bits per heavy atom. The minimum atomic E-state index is -4.07. The average Bonchev–Trinajstić information content (AvgIpc) is 2.96. The Kier molecular flexibility index (Phi) is 12.4. The summed E-state index contributed by atoms with van der Waals surface area (Å²) >= 11 is 0. The fourth-order valence-corrected chi connectivity index (χ4v) is 5.43. The number of carbonyl (C=O) groups excluding carboxylic acids is 2. The zero-order valence-electron chi connectivity index (χ0n) is 24.5. The van der Waals surface area contributed by atoms with Gasteiger partial charge in [0.1, 0.15) is 12.5 Å². The van der Waals surface area contributed by atoms with Gasteiger partial charge in [0.25, 0.3) is 10.0 Å². The summed E-state index contributed by atoms with van der Waals surface area (Å²) in [5.41, 5.74) is 2.64. The van der Waals surface area contributed by atoms with Crippen LogP contribution in [-0.4, -0.2) is 54.4 Å². The topological polar surface area (TPSA) is 116 Å². The molecule has 1 atom stereocenters. The molecular weight excluding hydrogens is 554 g/mol. The normalized spacial score (nSPS) is 12.0. The van der Waals surface area contributed by atoms with E-state index in [1.54, 1.807) is 31.2 Å². The lowest BCUT2D eigenvalue weighted by Gasteiger charge is -2.29. The number of ether oxygens (including phenoxy) is 1. The average molecular weight is 596 g/mol. The fourth-order valence-electron chi connectivity index (χ4n) is 4.23. The molecular formula is C32H41N3O6S. The molecule has 226 valence electrons. The van der Waals surface area contributed by atoms with Gasteiger partial charge in [-0.2, -0.15) is 0 Å². The predicted octanol–water partition coefficient (Wildman–Crippen LogP) is 6.18. The molecule has 0 aliphatic carbocycles. The molecule has 10 heteroatoms. The minimum absolute atomic E-state index is 0.0153. The number of aliphatic hydroxyl groups is 1. The zero-order valence-corrected chi connectivity index (χ0v) is 25.3. The third-order valence-electron chi connectivity index (χ3n) is 6.56. The van der Waals surface area contributed by atoms with E-state index in [0.717, 1.165) is 16.0 Å². The second-order valence-electron chi connectivity index (χ2n) is 10.7. The molecule has 0 radical (unpaired) electrons. The van der Waals surface area contributed by atoms with Crippen LogP contribution in [0.1, 0.15) is 56.4 Å². The van der Waals surface area contributed by atoms with Crippen LogP contribution < -0.4 is 4.72 Å². The van der Waals surface area contributed by atoms with Crippen molar-refractivity contribution in [2.45, 2.75) is 52.7 Å². The first-order valence-electron chi connectivity index (χ1n) is 14.1. The molecule has 2 N–H and O–H groups in total. The molecule has 3 aromatic rings. The summed E-state index contributed by atoms with van der Waals surface area (Å²) in [5, 5.41) is 9.90. The van der Waals surface area contributed by atoms with Crippen molar-refractivity contribution in [1.82, 2.24) is 9.80 Å². The lowest BCUT2D eigenvalue weighted by atomic mass is 10.1. The molecule has 3 aromatic carbocycles. The number of anilines is 1. The first-order valence-corrected chi connectivity index (χ1v) is 15.8. The summed E-state index contributed by atoms with van der Waals surface area (Å²) in [6, 6.07) is 24.5. The smallest absolute Gasteiger partial charge is 0.418 e. The van der Waals surface area contributed by atoms with Crippen molar-refractivity contribution in [1.29, 1.82) is 0 Å². The lowest BCUT2D eigenvalue weighted by Crippen LogP contribution is -2.49. The third kappa shape index (κ3) is 10.8. The van der Waals surface area contributed by atoms with E-state index < -0.39 is 34.1 Å². The summed E-state index contributed by atoms with van der Waals surface area (Å²) in [6.45, 7) is 5.72. The molecule has 9 nitrogen and oxygen atoms in total. The van der Waals surface area contributed by atoms with Crippen LogP contribution in [0.2, 0.25) is 0 Å². The summed E-state index contributed by atoms with van der Waals surface area (Å²) in [7, 11) is -4.07. The number of urea groups is 1. The minimum Gasteiger partial charge on any atom is -0.444 e. The third-order valence-corrected chi connectivity index (χ3v) is 7.76. The Morgan fingerprint density at radius 1 is 0.881 bits per heavy atom. The quantitative estimate of drug-likeness (QED) is 0.230. The molecule has 3 rings (SSSR count). The number of aliphatic hydroxyl groups excluding tert-OH is 1. The van der Waals surface area contributed by atoms with Gasteiger partial charge in [0.2, 0.25) is 0 Å². The highest BCUT2D eigenvalue weighted by Crippen LogP contribution is 2.19. The van der Waals surface area contributed by atoms with E-state index in [4.69, 9.17) is 4.74 Å². The number of carbonyl (C=O) groups is 2. The van der Waals surface area contributed by atoms with Crippen LogP contribution in [0, 0.1) is 5.92 Å². The number of benzene rings is 3. The van der Waals surface area contributed by atoms with Crippen LogP contribution >= 0.6 is 0 Å². The standard InChI is InChI=1S/C32H41N3O6S/c1-25(2)19-21-35(32(38)41-23-28-14-8-5-9-15-28)31(37)34(20-11-16-27-12-6-4-7-13-27)24-42(39,40)33-30-18-10-17-29(22-30)26(3)36/h4-10,12-15,17-18,22,25-26,33,36H,11,16,19-21,23-24H2,1-3H3/t26-/m0/s1. The molecule has 0 fully saturated rings. The molecule has 0 bridgehead atoms. The second-order valence-corrected chi connectivity index (χ2v) is 12.3.